The third kappa shape index (κ3) is 3.06. The highest BCUT2D eigenvalue weighted by atomic mass is 79.9. The van der Waals surface area contributed by atoms with Gasteiger partial charge in [-0.1, -0.05) is 33.2 Å². The number of rotatable bonds is 4. The first-order chi connectivity index (χ1) is 10.2. The van der Waals surface area contributed by atoms with Crippen LogP contribution in [0, 0.1) is 0 Å². The van der Waals surface area contributed by atoms with Crippen molar-refractivity contribution in [3.05, 3.63) is 46.8 Å². The largest absolute Gasteiger partial charge is 0.406 e. The van der Waals surface area contributed by atoms with Crippen LogP contribution in [0.2, 0.25) is 0 Å². The van der Waals surface area contributed by atoms with Gasteiger partial charge >= 0.3 is 6.01 Å². The quantitative estimate of drug-likeness (QED) is 0.747. The topological polar surface area (TPSA) is 63.0 Å². The summed E-state index contributed by atoms with van der Waals surface area (Å²) in [6, 6.07) is 12.7. The van der Waals surface area contributed by atoms with Crippen LogP contribution in [-0.2, 0) is 0 Å². The number of nitrogens with one attached hydrogen (secondary N) is 2. The predicted molar refractivity (Wildman–Crippen MR) is 86.7 cm³/mol. The molecule has 0 aliphatic carbocycles. The van der Waals surface area contributed by atoms with Crippen molar-refractivity contribution in [1.29, 1.82) is 0 Å². The zero-order chi connectivity index (χ0) is 14.8. The number of hydrogen-bond acceptors (Lipinski definition) is 5. The van der Waals surface area contributed by atoms with Gasteiger partial charge in [-0.2, -0.15) is 0 Å². The van der Waals surface area contributed by atoms with Gasteiger partial charge in [-0.3, -0.25) is 0 Å². The lowest BCUT2D eigenvalue weighted by molar-refractivity contribution is 0.443. The molecule has 2 aromatic carbocycles. The predicted octanol–water partition coefficient (Wildman–Crippen LogP) is 4.01. The Kier molecular flexibility index (Phi) is 3.90. The van der Waals surface area contributed by atoms with Gasteiger partial charge in [0.15, 0.2) is 0 Å². The first-order valence-electron chi connectivity index (χ1n) is 6.63. The summed E-state index contributed by atoms with van der Waals surface area (Å²) in [5.74, 6) is 0.560. The van der Waals surface area contributed by atoms with Crippen molar-refractivity contribution in [2.45, 2.75) is 13.0 Å². The van der Waals surface area contributed by atoms with Crippen molar-refractivity contribution >= 4 is 38.4 Å². The van der Waals surface area contributed by atoms with Gasteiger partial charge in [0.05, 0.1) is 6.04 Å². The molecule has 2 N–H and O–H groups in total. The highest BCUT2D eigenvalue weighted by molar-refractivity contribution is 9.10. The summed E-state index contributed by atoms with van der Waals surface area (Å²) in [4.78, 5) is 0. The number of benzene rings is 2. The molecule has 6 heteroatoms. The van der Waals surface area contributed by atoms with Gasteiger partial charge in [0.2, 0.25) is 5.89 Å². The number of fused-ring (bicyclic) bond motifs is 1. The summed E-state index contributed by atoms with van der Waals surface area (Å²) < 4.78 is 6.64. The third-order valence-electron chi connectivity index (χ3n) is 3.30. The van der Waals surface area contributed by atoms with Crippen LogP contribution in [0.5, 0.6) is 0 Å². The minimum Gasteiger partial charge on any atom is -0.406 e. The highest BCUT2D eigenvalue weighted by Crippen LogP contribution is 2.25. The van der Waals surface area contributed by atoms with E-state index in [1.165, 1.54) is 5.39 Å². The van der Waals surface area contributed by atoms with Gasteiger partial charge in [-0.25, -0.2) is 0 Å². The zero-order valence-electron chi connectivity index (χ0n) is 11.7. The molecule has 3 rings (SSSR count). The maximum absolute atomic E-state index is 5.57. The van der Waals surface area contributed by atoms with E-state index in [4.69, 9.17) is 4.42 Å². The molecule has 5 nitrogen and oxygen atoms in total. The highest BCUT2D eigenvalue weighted by Gasteiger charge is 2.11. The molecule has 0 fully saturated rings. The maximum atomic E-state index is 5.57. The van der Waals surface area contributed by atoms with Crippen LogP contribution in [0.3, 0.4) is 0 Å². The number of hydrogen-bond donors (Lipinski definition) is 2. The summed E-state index contributed by atoms with van der Waals surface area (Å²) in [6.45, 7) is 1.96. The average Bonchev–Trinajstić information content (AvgIpc) is 2.95. The van der Waals surface area contributed by atoms with Gasteiger partial charge in [0.25, 0.3) is 0 Å². The molecule has 1 unspecified atom stereocenters. The number of nitrogens with zero attached hydrogens (tertiary/aromatic N) is 2. The van der Waals surface area contributed by atoms with Crippen LogP contribution in [-0.4, -0.2) is 17.2 Å². The van der Waals surface area contributed by atoms with Crippen molar-refractivity contribution in [1.82, 2.24) is 15.5 Å². The molecule has 108 valence electrons. The molecule has 1 aromatic heterocycles. The van der Waals surface area contributed by atoms with E-state index >= 15 is 0 Å². The molecule has 1 heterocycles. The Morgan fingerprint density at radius 1 is 1.10 bits per heavy atom. The normalized spacial score (nSPS) is 12.5. The summed E-state index contributed by atoms with van der Waals surface area (Å²) in [7, 11) is 1.85. The van der Waals surface area contributed by atoms with Crippen LogP contribution in [0.4, 0.5) is 11.7 Å². The lowest BCUT2D eigenvalue weighted by atomic mass is 10.1. The molecular weight excluding hydrogens is 332 g/mol. The lowest BCUT2D eigenvalue weighted by Crippen LogP contribution is -2.12. The first kappa shape index (κ1) is 14.0. The van der Waals surface area contributed by atoms with E-state index in [1.807, 2.05) is 32.2 Å². The standard InChI is InChI=1S/C15H15BrN4O/c1-9(17-2)14-19-20-15(21-14)18-13-6-4-10-7-12(16)5-3-11(10)8-13/h3-9,17H,1-2H3,(H,18,20). The van der Waals surface area contributed by atoms with E-state index in [-0.39, 0.29) is 6.04 Å². The van der Waals surface area contributed by atoms with Crippen molar-refractivity contribution < 1.29 is 4.42 Å². The number of aromatic nitrogens is 2. The molecule has 0 aliphatic heterocycles. The van der Waals surface area contributed by atoms with E-state index < -0.39 is 0 Å². The summed E-state index contributed by atoms with van der Waals surface area (Å²) in [5, 5.41) is 16.5. The summed E-state index contributed by atoms with van der Waals surface area (Å²) in [6.07, 6.45) is 0. The monoisotopic (exact) mass is 346 g/mol. The van der Waals surface area contributed by atoms with Gasteiger partial charge in [0, 0.05) is 10.2 Å². The Morgan fingerprint density at radius 3 is 2.67 bits per heavy atom. The fourth-order valence-electron chi connectivity index (χ4n) is 2.00. The molecule has 0 bridgehead atoms. The maximum Gasteiger partial charge on any atom is 0.320 e. The Labute approximate surface area is 130 Å². The second kappa shape index (κ2) is 5.83. The minimum atomic E-state index is 0.0296. The molecule has 1 atom stereocenters. The Hall–Kier alpha value is -1.92. The van der Waals surface area contributed by atoms with E-state index in [2.05, 4.69) is 55.0 Å². The SMILES string of the molecule is CNC(C)c1nnc(Nc2ccc3cc(Br)ccc3c2)o1. The zero-order valence-corrected chi connectivity index (χ0v) is 13.3. The van der Waals surface area contributed by atoms with Crippen molar-refractivity contribution in [2.24, 2.45) is 0 Å². The van der Waals surface area contributed by atoms with Crippen LogP contribution < -0.4 is 10.6 Å². The molecular formula is C15H15BrN4O. The second-order valence-corrected chi connectivity index (χ2v) is 5.70. The van der Waals surface area contributed by atoms with E-state index in [9.17, 15) is 0 Å². The van der Waals surface area contributed by atoms with Gasteiger partial charge in [0.1, 0.15) is 0 Å². The Morgan fingerprint density at radius 2 is 1.86 bits per heavy atom. The van der Waals surface area contributed by atoms with Crippen molar-refractivity contribution in [3.8, 4) is 0 Å². The molecule has 0 saturated carbocycles. The summed E-state index contributed by atoms with van der Waals surface area (Å²) >= 11 is 3.47. The Balaban J connectivity index is 1.84. The second-order valence-electron chi connectivity index (χ2n) is 4.79. The van der Waals surface area contributed by atoms with Crippen LogP contribution in [0.25, 0.3) is 10.8 Å². The molecule has 0 aliphatic rings. The fraction of sp³-hybridized carbons (Fsp3) is 0.200. The molecule has 0 saturated heterocycles. The lowest BCUT2D eigenvalue weighted by Gasteiger charge is -2.05. The van der Waals surface area contributed by atoms with Crippen LogP contribution >= 0.6 is 15.9 Å². The van der Waals surface area contributed by atoms with E-state index in [1.54, 1.807) is 0 Å². The first-order valence-corrected chi connectivity index (χ1v) is 7.42. The summed E-state index contributed by atoms with van der Waals surface area (Å²) in [5.41, 5.74) is 0.914. The molecule has 0 amide bonds. The van der Waals surface area contributed by atoms with Gasteiger partial charge in [-0.05, 0) is 49.0 Å². The number of halogens is 1. The molecule has 0 radical (unpaired) electrons. The fourth-order valence-corrected chi connectivity index (χ4v) is 2.38. The van der Waals surface area contributed by atoms with E-state index in [0.29, 0.717) is 11.9 Å². The average molecular weight is 347 g/mol. The van der Waals surface area contributed by atoms with Crippen LogP contribution in [0.15, 0.2) is 45.3 Å². The Bertz CT molecular complexity index is 771. The van der Waals surface area contributed by atoms with Gasteiger partial charge in [-0.15, -0.1) is 5.10 Å². The van der Waals surface area contributed by atoms with E-state index in [0.717, 1.165) is 15.5 Å². The molecule has 3 aromatic rings. The number of anilines is 2. The van der Waals surface area contributed by atoms with Gasteiger partial charge < -0.3 is 15.1 Å². The minimum absolute atomic E-state index is 0.0296. The van der Waals surface area contributed by atoms with Crippen LogP contribution in [0.1, 0.15) is 18.9 Å². The smallest absolute Gasteiger partial charge is 0.320 e. The van der Waals surface area contributed by atoms with Crippen molar-refractivity contribution in [2.75, 3.05) is 12.4 Å². The third-order valence-corrected chi connectivity index (χ3v) is 3.79. The molecule has 21 heavy (non-hydrogen) atoms. The molecule has 0 spiro atoms. The van der Waals surface area contributed by atoms with Crippen molar-refractivity contribution in [3.63, 3.8) is 0 Å².